The fourth-order valence-electron chi connectivity index (χ4n) is 1.88. The molecule has 0 spiro atoms. The molecule has 24 heavy (non-hydrogen) atoms. The third-order valence-corrected chi connectivity index (χ3v) is 2.85. The van der Waals surface area contributed by atoms with E-state index in [9.17, 15) is 13.6 Å². The number of nitrogens with one attached hydrogen (secondary N) is 2. The second kappa shape index (κ2) is 7.95. The summed E-state index contributed by atoms with van der Waals surface area (Å²) in [6, 6.07) is 6.74. The zero-order valence-electron chi connectivity index (χ0n) is 12.9. The number of urea groups is 1. The topological polar surface area (TPSA) is 81.7 Å². The summed E-state index contributed by atoms with van der Waals surface area (Å²) in [5, 5.41) is 5.03. The molecule has 0 fully saturated rings. The molecule has 0 saturated carbocycles. The molecule has 2 N–H and O–H groups in total. The van der Waals surface area contributed by atoms with Crippen LogP contribution in [-0.2, 0) is 0 Å². The van der Waals surface area contributed by atoms with Gasteiger partial charge in [0.1, 0.15) is 5.69 Å². The number of benzene rings is 1. The van der Waals surface area contributed by atoms with Gasteiger partial charge < -0.3 is 24.8 Å². The van der Waals surface area contributed by atoms with Crippen molar-refractivity contribution in [3.05, 3.63) is 36.5 Å². The number of aromatic nitrogens is 1. The monoisotopic (exact) mass is 339 g/mol. The van der Waals surface area contributed by atoms with Crippen LogP contribution in [0.25, 0.3) is 0 Å². The highest BCUT2D eigenvalue weighted by molar-refractivity contribution is 6.00. The fraction of sp³-hybridized carbons (Fsp3) is 0.200. The van der Waals surface area contributed by atoms with E-state index in [2.05, 4.69) is 20.4 Å². The lowest BCUT2D eigenvalue weighted by Gasteiger charge is -2.13. The first-order valence-corrected chi connectivity index (χ1v) is 6.73. The van der Waals surface area contributed by atoms with E-state index >= 15 is 0 Å². The van der Waals surface area contributed by atoms with E-state index in [4.69, 9.17) is 9.47 Å². The zero-order chi connectivity index (χ0) is 17.5. The van der Waals surface area contributed by atoms with E-state index in [0.717, 1.165) is 0 Å². The predicted molar refractivity (Wildman–Crippen MR) is 83.1 cm³/mol. The van der Waals surface area contributed by atoms with Crippen molar-refractivity contribution in [1.29, 1.82) is 0 Å². The molecule has 0 unspecified atom stereocenters. The lowest BCUT2D eigenvalue weighted by atomic mass is 10.2. The summed E-state index contributed by atoms with van der Waals surface area (Å²) in [7, 11) is 2.74. The highest BCUT2D eigenvalue weighted by atomic mass is 19.3. The van der Waals surface area contributed by atoms with Crippen molar-refractivity contribution in [2.45, 2.75) is 6.61 Å². The Hall–Kier alpha value is -3.10. The maximum atomic E-state index is 12.4. The number of carbonyl (C=O) groups excluding carboxylic acids is 1. The Labute approximate surface area is 136 Å². The molecule has 7 nitrogen and oxygen atoms in total. The zero-order valence-corrected chi connectivity index (χ0v) is 12.9. The molecule has 0 aliphatic carbocycles. The van der Waals surface area contributed by atoms with Crippen LogP contribution in [0.4, 0.5) is 25.0 Å². The SMILES string of the molecule is COc1ccc(NC(=O)Nc2cccnc2OC)cc1OC(F)F. The fourth-order valence-corrected chi connectivity index (χ4v) is 1.88. The summed E-state index contributed by atoms with van der Waals surface area (Å²) in [5.74, 6) is 0.170. The summed E-state index contributed by atoms with van der Waals surface area (Å²) >= 11 is 0. The summed E-state index contributed by atoms with van der Waals surface area (Å²) in [5.41, 5.74) is 0.599. The second-order valence-electron chi connectivity index (χ2n) is 4.38. The van der Waals surface area contributed by atoms with Gasteiger partial charge in [0, 0.05) is 18.0 Å². The molecule has 1 heterocycles. The van der Waals surface area contributed by atoms with Crippen molar-refractivity contribution in [3.63, 3.8) is 0 Å². The number of amides is 2. The molecule has 0 bridgehead atoms. The van der Waals surface area contributed by atoms with Crippen LogP contribution in [0.15, 0.2) is 36.5 Å². The Morgan fingerprint density at radius 1 is 1.12 bits per heavy atom. The molecule has 0 radical (unpaired) electrons. The molecule has 0 aliphatic rings. The minimum absolute atomic E-state index is 0.121. The van der Waals surface area contributed by atoms with Gasteiger partial charge in [0.2, 0.25) is 5.88 Å². The lowest BCUT2D eigenvalue weighted by molar-refractivity contribution is -0.0511. The molecule has 1 aromatic heterocycles. The van der Waals surface area contributed by atoms with E-state index in [0.29, 0.717) is 5.69 Å². The van der Waals surface area contributed by atoms with Gasteiger partial charge in [0.25, 0.3) is 0 Å². The molecule has 0 saturated heterocycles. The van der Waals surface area contributed by atoms with Crippen LogP contribution in [-0.4, -0.2) is 31.8 Å². The predicted octanol–water partition coefficient (Wildman–Crippen LogP) is 3.34. The Morgan fingerprint density at radius 2 is 1.92 bits per heavy atom. The minimum atomic E-state index is -3.01. The van der Waals surface area contributed by atoms with E-state index < -0.39 is 12.6 Å². The van der Waals surface area contributed by atoms with Gasteiger partial charge >= 0.3 is 12.6 Å². The number of hydrogen-bond donors (Lipinski definition) is 2. The average molecular weight is 339 g/mol. The Balaban J connectivity index is 2.11. The van der Waals surface area contributed by atoms with Gasteiger partial charge in [-0.3, -0.25) is 0 Å². The van der Waals surface area contributed by atoms with Crippen molar-refractivity contribution < 1.29 is 27.8 Å². The quantitative estimate of drug-likeness (QED) is 0.843. The van der Waals surface area contributed by atoms with Crippen LogP contribution in [0.3, 0.4) is 0 Å². The van der Waals surface area contributed by atoms with Crippen molar-refractivity contribution in [2.24, 2.45) is 0 Å². The van der Waals surface area contributed by atoms with Gasteiger partial charge in [-0.2, -0.15) is 8.78 Å². The first-order chi connectivity index (χ1) is 11.5. The first kappa shape index (κ1) is 17.3. The van der Waals surface area contributed by atoms with Gasteiger partial charge in [-0.25, -0.2) is 9.78 Å². The summed E-state index contributed by atoms with van der Waals surface area (Å²) in [6.07, 6.45) is 1.51. The van der Waals surface area contributed by atoms with E-state index in [1.54, 1.807) is 12.1 Å². The number of nitrogens with zero attached hydrogens (tertiary/aromatic N) is 1. The Kier molecular flexibility index (Phi) is 5.72. The van der Waals surface area contributed by atoms with Crippen LogP contribution in [0.5, 0.6) is 17.4 Å². The van der Waals surface area contributed by atoms with E-state index in [1.165, 1.54) is 38.6 Å². The Morgan fingerprint density at radius 3 is 2.58 bits per heavy atom. The smallest absolute Gasteiger partial charge is 0.387 e. The minimum Gasteiger partial charge on any atom is -0.493 e. The first-order valence-electron chi connectivity index (χ1n) is 6.73. The summed E-state index contributed by atoms with van der Waals surface area (Å²) in [4.78, 5) is 16.0. The standard InChI is InChI=1S/C15H15F2N3O4/c1-22-11-6-5-9(8-12(11)24-14(16)17)19-15(21)20-10-4-3-7-18-13(10)23-2/h3-8,14H,1-2H3,(H2,19,20,21). The number of hydrogen-bond acceptors (Lipinski definition) is 5. The molecule has 0 atom stereocenters. The second-order valence-corrected chi connectivity index (χ2v) is 4.38. The summed E-state index contributed by atoms with van der Waals surface area (Å²) in [6.45, 7) is -3.01. The average Bonchev–Trinajstić information content (AvgIpc) is 2.55. The molecule has 1 aromatic carbocycles. The molecule has 128 valence electrons. The van der Waals surface area contributed by atoms with E-state index in [-0.39, 0.29) is 23.1 Å². The molecule has 2 rings (SSSR count). The van der Waals surface area contributed by atoms with Crippen molar-refractivity contribution in [2.75, 3.05) is 24.9 Å². The maximum Gasteiger partial charge on any atom is 0.387 e. The number of anilines is 2. The van der Waals surface area contributed by atoms with Gasteiger partial charge in [-0.15, -0.1) is 0 Å². The molecule has 2 aromatic rings. The molecule has 0 aliphatic heterocycles. The van der Waals surface area contributed by atoms with Gasteiger partial charge in [0.15, 0.2) is 11.5 Å². The van der Waals surface area contributed by atoms with Crippen molar-refractivity contribution >= 4 is 17.4 Å². The third-order valence-electron chi connectivity index (χ3n) is 2.85. The number of methoxy groups -OCH3 is 2. The van der Waals surface area contributed by atoms with Crippen LogP contribution >= 0.6 is 0 Å². The van der Waals surface area contributed by atoms with Crippen LogP contribution in [0, 0.1) is 0 Å². The Bertz CT molecular complexity index is 713. The van der Waals surface area contributed by atoms with Crippen LogP contribution in [0.1, 0.15) is 0 Å². The molecule has 2 amide bonds. The number of ether oxygens (including phenoxy) is 3. The number of carbonyl (C=O) groups is 1. The van der Waals surface area contributed by atoms with Crippen LogP contribution < -0.4 is 24.8 Å². The number of pyridine rings is 1. The number of halogens is 2. The normalized spacial score (nSPS) is 10.2. The van der Waals surface area contributed by atoms with Gasteiger partial charge in [-0.1, -0.05) is 0 Å². The van der Waals surface area contributed by atoms with Crippen molar-refractivity contribution in [3.8, 4) is 17.4 Å². The lowest BCUT2D eigenvalue weighted by Crippen LogP contribution is -2.20. The van der Waals surface area contributed by atoms with Crippen molar-refractivity contribution in [1.82, 2.24) is 4.98 Å². The maximum absolute atomic E-state index is 12.4. The third kappa shape index (κ3) is 4.45. The van der Waals surface area contributed by atoms with E-state index in [1.807, 2.05) is 0 Å². The number of alkyl halides is 2. The number of rotatable bonds is 6. The van der Waals surface area contributed by atoms with Crippen LogP contribution in [0.2, 0.25) is 0 Å². The molecular formula is C15H15F2N3O4. The van der Waals surface area contributed by atoms with Gasteiger partial charge in [0.05, 0.1) is 14.2 Å². The van der Waals surface area contributed by atoms with Gasteiger partial charge in [-0.05, 0) is 24.3 Å². The highest BCUT2D eigenvalue weighted by Gasteiger charge is 2.13. The molecular weight excluding hydrogens is 324 g/mol. The molecule has 9 heteroatoms. The largest absolute Gasteiger partial charge is 0.493 e. The summed E-state index contributed by atoms with van der Waals surface area (Å²) < 4.78 is 39.1. The highest BCUT2D eigenvalue weighted by Crippen LogP contribution is 2.31.